The molecule has 0 atom stereocenters. The highest BCUT2D eigenvalue weighted by atomic mass is 35.5. The molecule has 1 aromatic heterocycles. The number of halogens is 2. The summed E-state index contributed by atoms with van der Waals surface area (Å²) in [6.07, 6.45) is 0. The maximum Gasteiger partial charge on any atom is 0.355 e. The summed E-state index contributed by atoms with van der Waals surface area (Å²) in [7, 11) is 1.58. The Bertz CT molecular complexity index is 1190. The first-order chi connectivity index (χ1) is 15.3. The minimum absolute atomic E-state index is 0.107. The lowest BCUT2D eigenvalue weighted by Crippen LogP contribution is -2.43. The Morgan fingerprint density at radius 1 is 1.06 bits per heavy atom. The van der Waals surface area contributed by atoms with Gasteiger partial charge in [0.15, 0.2) is 0 Å². The summed E-state index contributed by atoms with van der Waals surface area (Å²) in [6, 6.07) is 11.8. The van der Waals surface area contributed by atoms with Gasteiger partial charge in [-0.05, 0) is 49.7 Å². The van der Waals surface area contributed by atoms with Gasteiger partial charge in [0.1, 0.15) is 12.4 Å². The molecule has 3 rings (SSSR count). The maximum atomic E-state index is 13.1. The van der Waals surface area contributed by atoms with Gasteiger partial charge in [-0.2, -0.15) is 4.98 Å². The van der Waals surface area contributed by atoms with Crippen molar-refractivity contribution >= 4 is 34.8 Å². The van der Waals surface area contributed by atoms with Crippen molar-refractivity contribution in [3.63, 3.8) is 0 Å². The Balaban J connectivity index is 1.98. The largest absolute Gasteiger partial charge is 0.490 e. The molecular weight excluding hydrogens is 455 g/mol. The second kappa shape index (κ2) is 10.7. The number of anilines is 2. The van der Waals surface area contributed by atoms with Crippen molar-refractivity contribution in [2.75, 3.05) is 25.6 Å². The van der Waals surface area contributed by atoms with E-state index >= 15 is 0 Å². The van der Waals surface area contributed by atoms with Crippen LogP contribution in [0, 0.1) is 0 Å². The number of hydrogen-bond donors (Lipinski definition) is 1. The summed E-state index contributed by atoms with van der Waals surface area (Å²) < 4.78 is 13.0. The lowest BCUT2D eigenvalue weighted by Gasteiger charge is -2.17. The van der Waals surface area contributed by atoms with Gasteiger partial charge in [0.2, 0.25) is 5.95 Å². The topological polar surface area (TPSA) is 87.4 Å². The standard InChI is InChI=1S/C22H24Cl2N4O4/c1-14(2)28-21(29)26-20(27(22(28)30)13-15-4-6-16(23)7-5-15)25-17-8-9-19(18(24)12-17)32-11-10-31-3/h4-9,12,14H,10-11,13H2,1-3H3,(H,25,26,29). The van der Waals surface area contributed by atoms with Gasteiger partial charge in [-0.3, -0.25) is 4.57 Å². The van der Waals surface area contributed by atoms with Crippen molar-refractivity contribution in [1.29, 1.82) is 0 Å². The molecule has 2 aromatic carbocycles. The predicted octanol–water partition coefficient (Wildman–Crippen LogP) is 4.11. The van der Waals surface area contributed by atoms with Crippen LogP contribution in [0.2, 0.25) is 10.0 Å². The van der Waals surface area contributed by atoms with Crippen LogP contribution in [0.15, 0.2) is 52.1 Å². The normalized spacial score (nSPS) is 11.1. The quantitative estimate of drug-likeness (QED) is 0.465. The molecule has 0 unspecified atom stereocenters. The highest BCUT2D eigenvalue weighted by molar-refractivity contribution is 6.32. The van der Waals surface area contributed by atoms with Gasteiger partial charge >= 0.3 is 11.4 Å². The number of rotatable bonds is 9. The molecule has 1 heterocycles. The van der Waals surface area contributed by atoms with Gasteiger partial charge in [-0.15, -0.1) is 0 Å². The molecule has 0 radical (unpaired) electrons. The third kappa shape index (κ3) is 5.70. The summed E-state index contributed by atoms with van der Waals surface area (Å²) in [5.74, 6) is 0.604. The van der Waals surface area contributed by atoms with Crippen LogP contribution in [0.1, 0.15) is 25.5 Å². The molecule has 0 aliphatic carbocycles. The molecule has 0 aliphatic heterocycles. The minimum Gasteiger partial charge on any atom is -0.490 e. The van der Waals surface area contributed by atoms with E-state index in [1.165, 1.54) is 4.57 Å². The van der Waals surface area contributed by atoms with E-state index in [0.717, 1.165) is 10.1 Å². The van der Waals surface area contributed by atoms with Crippen molar-refractivity contribution in [3.8, 4) is 5.75 Å². The van der Waals surface area contributed by atoms with Gasteiger partial charge in [-0.1, -0.05) is 35.3 Å². The van der Waals surface area contributed by atoms with Crippen molar-refractivity contribution in [1.82, 2.24) is 14.1 Å². The van der Waals surface area contributed by atoms with E-state index in [0.29, 0.717) is 34.7 Å². The van der Waals surface area contributed by atoms with E-state index in [9.17, 15) is 9.59 Å². The van der Waals surface area contributed by atoms with Crippen molar-refractivity contribution in [3.05, 3.63) is 79.0 Å². The Kier molecular flexibility index (Phi) is 7.95. The van der Waals surface area contributed by atoms with Crippen LogP contribution in [-0.4, -0.2) is 34.4 Å². The Hall–Kier alpha value is -2.81. The Labute approximate surface area is 195 Å². The third-order valence-corrected chi connectivity index (χ3v) is 5.15. The zero-order valence-electron chi connectivity index (χ0n) is 18.0. The average Bonchev–Trinajstić information content (AvgIpc) is 2.73. The first-order valence-corrected chi connectivity index (χ1v) is 10.7. The fourth-order valence-electron chi connectivity index (χ4n) is 3.02. The second-order valence-electron chi connectivity index (χ2n) is 7.29. The molecule has 8 nitrogen and oxygen atoms in total. The fraction of sp³-hybridized carbons (Fsp3) is 0.318. The van der Waals surface area contributed by atoms with E-state index in [-0.39, 0.29) is 18.5 Å². The minimum atomic E-state index is -0.634. The number of hydrogen-bond acceptors (Lipinski definition) is 6. The van der Waals surface area contributed by atoms with E-state index in [1.54, 1.807) is 51.3 Å². The summed E-state index contributed by atoms with van der Waals surface area (Å²) >= 11 is 12.3. The van der Waals surface area contributed by atoms with E-state index in [4.69, 9.17) is 32.7 Å². The van der Waals surface area contributed by atoms with E-state index in [2.05, 4.69) is 10.3 Å². The summed E-state index contributed by atoms with van der Waals surface area (Å²) in [4.78, 5) is 29.8. The van der Waals surface area contributed by atoms with Gasteiger partial charge in [0.05, 0.1) is 18.2 Å². The third-order valence-electron chi connectivity index (χ3n) is 4.60. The molecule has 0 bridgehead atoms. The summed E-state index contributed by atoms with van der Waals surface area (Å²) in [5.41, 5.74) is 0.274. The lowest BCUT2D eigenvalue weighted by molar-refractivity contribution is 0.146. The zero-order chi connectivity index (χ0) is 23.3. The summed E-state index contributed by atoms with van der Waals surface area (Å²) in [6.45, 7) is 4.50. The van der Waals surface area contributed by atoms with Crippen LogP contribution in [0.4, 0.5) is 11.6 Å². The molecule has 1 N–H and O–H groups in total. The van der Waals surface area contributed by atoms with Gasteiger partial charge in [0.25, 0.3) is 0 Å². The first kappa shape index (κ1) is 23.8. The zero-order valence-corrected chi connectivity index (χ0v) is 19.5. The molecule has 3 aromatic rings. The molecule has 0 amide bonds. The number of benzene rings is 2. The molecule has 0 saturated carbocycles. The first-order valence-electron chi connectivity index (χ1n) is 9.96. The maximum absolute atomic E-state index is 13.1. The number of methoxy groups -OCH3 is 1. The monoisotopic (exact) mass is 478 g/mol. The van der Waals surface area contributed by atoms with Gasteiger partial charge in [0, 0.05) is 23.9 Å². The molecule has 0 saturated heterocycles. The molecule has 0 spiro atoms. The summed E-state index contributed by atoms with van der Waals surface area (Å²) in [5, 5.41) is 3.99. The smallest absolute Gasteiger partial charge is 0.355 e. The van der Waals surface area contributed by atoms with Crippen LogP contribution >= 0.6 is 23.2 Å². The van der Waals surface area contributed by atoms with Gasteiger partial charge in [-0.25, -0.2) is 14.2 Å². The molecule has 32 heavy (non-hydrogen) atoms. The number of ether oxygens (including phenoxy) is 2. The van der Waals surface area contributed by atoms with Crippen molar-refractivity contribution < 1.29 is 9.47 Å². The highest BCUT2D eigenvalue weighted by Crippen LogP contribution is 2.28. The van der Waals surface area contributed by atoms with Crippen molar-refractivity contribution in [2.45, 2.75) is 26.4 Å². The fourth-order valence-corrected chi connectivity index (χ4v) is 3.38. The molecule has 170 valence electrons. The van der Waals surface area contributed by atoms with Crippen LogP contribution in [0.5, 0.6) is 5.75 Å². The van der Waals surface area contributed by atoms with Crippen LogP contribution in [0.3, 0.4) is 0 Å². The SMILES string of the molecule is COCCOc1ccc(Nc2nc(=O)n(C(C)C)c(=O)n2Cc2ccc(Cl)cc2)cc1Cl. The van der Waals surface area contributed by atoms with E-state index < -0.39 is 11.4 Å². The second-order valence-corrected chi connectivity index (χ2v) is 8.13. The Morgan fingerprint density at radius 3 is 2.41 bits per heavy atom. The van der Waals surface area contributed by atoms with Crippen LogP contribution < -0.4 is 21.4 Å². The molecular formula is C22H24Cl2N4O4. The lowest BCUT2D eigenvalue weighted by atomic mass is 10.2. The Morgan fingerprint density at radius 2 is 1.78 bits per heavy atom. The molecule has 10 heteroatoms. The van der Waals surface area contributed by atoms with E-state index in [1.807, 2.05) is 12.1 Å². The van der Waals surface area contributed by atoms with Crippen LogP contribution in [-0.2, 0) is 11.3 Å². The van der Waals surface area contributed by atoms with Crippen LogP contribution in [0.25, 0.3) is 0 Å². The molecule has 0 fully saturated rings. The average molecular weight is 479 g/mol. The highest BCUT2D eigenvalue weighted by Gasteiger charge is 2.16. The number of aromatic nitrogens is 3. The van der Waals surface area contributed by atoms with Crippen molar-refractivity contribution in [2.24, 2.45) is 0 Å². The molecule has 0 aliphatic rings. The predicted molar refractivity (Wildman–Crippen MR) is 126 cm³/mol. The number of nitrogens with zero attached hydrogens (tertiary/aromatic N) is 3. The van der Waals surface area contributed by atoms with Gasteiger partial charge < -0.3 is 14.8 Å². The number of nitrogens with one attached hydrogen (secondary N) is 1.